The summed E-state index contributed by atoms with van der Waals surface area (Å²) in [5.74, 6) is 0.145. The van der Waals surface area contributed by atoms with Gasteiger partial charge in [-0.1, -0.05) is 13.8 Å². The second-order valence-electron chi connectivity index (χ2n) is 12.3. The van der Waals surface area contributed by atoms with Crippen molar-refractivity contribution >= 4 is 24.6 Å². The van der Waals surface area contributed by atoms with Crippen LogP contribution in [0.2, 0.25) is 0 Å². The zero-order chi connectivity index (χ0) is 27.6. The number of aromatic nitrogens is 2. The number of nitrogens with one attached hydrogen (secondary N) is 1. The van der Waals surface area contributed by atoms with Crippen LogP contribution >= 0.6 is 0 Å². The zero-order valence-corrected chi connectivity index (χ0v) is 23.8. The molecule has 0 aliphatic carbocycles. The van der Waals surface area contributed by atoms with E-state index in [-0.39, 0.29) is 17.7 Å². The first-order valence-electron chi connectivity index (χ1n) is 13.2. The summed E-state index contributed by atoms with van der Waals surface area (Å²) in [6.45, 7) is 18.9. The first-order valence-corrected chi connectivity index (χ1v) is 13.2. The molecule has 37 heavy (non-hydrogen) atoms. The molecule has 0 bridgehead atoms. The van der Waals surface area contributed by atoms with Crippen molar-refractivity contribution in [3.8, 4) is 6.01 Å². The first-order chi connectivity index (χ1) is 17.1. The molecule has 0 saturated carbocycles. The van der Waals surface area contributed by atoms with Crippen molar-refractivity contribution in [2.75, 3.05) is 19.7 Å². The predicted octanol–water partition coefficient (Wildman–Crippen LogP) is 2.94. The topological polar surface area (TPSA) is 112 Å². The van der Waals surface area contributed by atoms with Gasteiger partial charge in [-0.15, -0.1) is 0 Å². The summed E-state index contributed by atoms with van der Waals surface area (Å²) in [5.41, 5.74) is -0.727. The highest BCUT2D eigenvalue weighted by atomic mass is 16.7. The average Bonchev–Trinajstić information content (AvgIpc) is 3.01. The number of hydrogen-bond acceptors (Lipinski definition) is 8. The second kappa shape index (κ2) is 11.1. The third kappa shape index (κ3) is 7.57. The minimum absolute atomic E-state index is 0.0571. The predicted molar refractivity (Wildman–Crippen MR) is 141 cm³/mol. The summed E-state index contributed by atoms with van der Waals surface area (Å²) in [7, 11) is -0.514. The Bertz CT molecular complexity index is 923. The highest BCUT2D eigenvalue weighted by Gasteiger charge is 2.52. The van der Waals surface area contributed by atoms with Crippen LogP contribution in [0, 0.1) is 11.8 Å². The summed E-state index contributed by atoms with van der Waals surface area (Å²) in [4.78, 5) is 35.8. The fraction of sp³-hybridized carbons (Fsp3) is 0.769. The Hall–Kier alpha value is -2.40. The normalized spacial score (nSPS) is 20.6. The molecule has 1 atom stereocenters. The highest BCUT2D eigenvalue weighted by Crippen LogP contribution is 2.36. The number of rotatable bonds is 7. The van der Waals surface area contributed by atoms with E-state index < -0.39 is 36.1 Å². The summed E-state index contributed by atoms with van der Waals surface area (Å²) in [5, 5.41) is 2.75. The molecule has 2 saturated heterocycles. The van der Waals surface area contributed by atoms with Crippen molar-refractivity contribution in [3.63, 3.8) is 0 Å². The minimum Gasteiger partial charge on any atom is -0.463 e. The van der Waals surface area contributed by atoms with Gasteiger partial charge in [-0.05, 0) is 73.1 Å². The molecule has 11 heteroatoms. The quantitative estimate of drug-likeness (QED) is 0.549. The van der Waals surface area contributed by atoms with E-state index >= 15 is 0 Å². The molecular weight excluding hydrogens is 475 g/mol. The smallest absolute Gasteiger partial charge is 0.463 e. The zero-order valence-electron chi connectivity index (χ0n) is 23.8. The maximum Gasteiger partial charge on any atom is 0.498 e. The van der Waals surface area contributed by atoms with Crippen LogP contribution in [0.25, 0.3) is 0 Å². The van der Waals surface area contributed by atoms with Crippen LogP contribution in [0.1, 0.15) is 75.2 Å². The van der Waals surface area contributed by atoms with E-state index in [1.807, 2.05) is 46.4 Å². The van der Waals surface area contributed by atoms with Crippen LogP contribution in [-0.4, -0.2) is 76.5 Å². The van der Waals surface area contributed by atoms with E-state index in [0.29, 0.717) is 25.7 Å². The molecule has 1 N–H and O–H groups in total. The van der Waals surface area contributed by atoms with Gasteiger partial charge < -0.3 is 29.0 Å². The number of hydrogen-bond donors (Lipinski definition) is 1. The number of ether oxygens (including phenoxy) is 2. The van der Waals surface area contributed by atoms with Crippen molar-refractivity contribution in [2.24, 2.45) is 11.8 Å². The van der Waals surface area contributed by atoms with Gasteiger partial charge in [0.1, 0.15) is 11.6 Å². The maximum atomic E-state index is 13.1. The molecule has 3 rings (SSSR count). The van der Waals surface area contributed by atoms with Gasteiger partial charge in [0.15, 0.2) is 0 Å². The molecule has 2 aliphatic rings. The third-order valence-electron chi connectivity index (χ3n) is 7.15. The first kappa shape index (κ1) is 29.2. The SMILES string of the molecule is CC(C)[C@H](NC(=O)OC(C)(C)C)C(=O)N1CCC(COc2ncc(B3OC(C)(C)C(C)(C)O3)cn2)CC1. The molecule has 2 aliphatic heterocycles. The number of carbonyl (C=O) groups excluding carboxylic acids is 2. The summed E-state index contributed by atoms with van der Waals surface area (Å²) in [6.07, 6.45) is 4.38. The molecule has 206 valence electrons. The number of piperidine rings is 1. The number of alkyl carbamates (subject to hydrolysis) is 1. The molecule has 0 aromatic carbocycles. The minimum atomic E-state index is -0.626. The number of nitrogens with zero attached hydrogens (tertiary/aromatic N) is 3. The van der Waals surface area contributed by atoms with Crippen LogP contribution in [0.15, 0.2) is 12.4 Å². The Morgan fingerprint density at radius 1 is 1.11 bits per heavy atom. The van der Waals surface area contributed by atoms with Gasteiger partial charge in [-0.3, -0.25) is 4.79 Å². The summed E-state index contributed by atoms with van der Waals surface area (Å²) < 4.78 is 23.3. The Labute approximate surface area is 221 Å². The third-order valence-corrected chi connectivity index (χ3v) is 7.15. The number of likely N-dealkylation sites (tertiary alicyclic amines) is 1. The summed E-state index contributed by atoms with van der Waals surface area (Å²) in [6, 6.07) is -0.321. The average molecular weight is 518 g/mol. The Morgan fingerprint density at radius 2 is 1.65 bits per heavy atom. The van der Waals surface area contributed by atoms with Crippen LogP contribution in [-0.2, 0) is 18.8 Å². The lowest BCUT2D eigenvalue weighted by Gasteiger charge is -2.35. The molecular formula is C26H43BN4O6. The van der Waals surface area contributed by atoms with E-state index in [1.54, 1.807) is 33.2 Å². The maximum absolute atomic E-state index is 13.1. The number of carbonyl (C=O) groups is 2. The Balaban J connectivity index is 1.46. The van der Waals surface area contributed by atoms with Crippen LogP contribution in [0.4, 0.5) is 4.79 Å². The lowest BCUT2D eigenvalue weighted by atomic mass is 9.81. The van der Waals surface area contributed by atoms with Crippen molar-refractivity contribution in [2.45, 2.75) is 98.0 Å². The van der Waals surface area contributed by atoms with Crippen molar-refractivity contribution in [1.29, 1.82) is 0 Å². The highest BCUT2D eigenvalue weighted by molar-refractivity contribution is 6.61. The standard InChI is InChI=1S/C26H43BN4O6/c1-17(2)20(30-23(33)35-24(3,4)5)21(32)31-12-10-18(11-13-31)16-34-22-28-14-19(15-29-22)27-36-25(6,7)26(8,9)37-27/h14-15,17-18,20H,10-13,16H2,1-9H3,(H,30,33)/t20-/m0/s1. The largest absolute Gasteiger partial charge is 0.498 e. The van der Waals surface area contributed by atoms with E-state index in [4.69, 9.17) is 18.8 Å². The lowest BCUT2D eigenvalue weighted by Crippen LogP contribution is -2.53. The van der Waals surface area contributed by atoms with E-state index in [2.05, 4.69) is 15.3 Å². The molecule has 0 radical (unpaired) electrons. The van der Waals surface area contributed by atoms with Crippen LogP contribution in [0.3, 0.4) is 0 Å². The molecule has 3 heterocycles. The van der Waals surface area contributed by atoms with Gasteiger partial charge >= 0.3 is 19.2 Å². The fourth-order valence-corrected chi connectivity index (χ4v) is 4.16. The summed E-state index contributed by atoms with van der Waals surface area (Å²) >= 11 is 0. The lowest BCUT2D eigenvalue weighted by molar-refractivity contribution is -0.136. The number of amides is 2. The molecule has 1 aromatic rings. The molecule has 1 aromatic heterocycles. The van der Waals surface area contributed by atoms with Crippen LogP contribution in [0.5, 0.6) is 6.01 Å². The van der Waals surface area contributed by atoms with Crippen molar-refractivity contribution < 1.29 is 28.4 Å². The van der Waals surface area contributed by atoms with Crippen molar-refractivity contribution in [3.05, 3.63) is 12.4 Å². The van der Waals surface area contributed by atoms with Gasteiger partial charge in [0, 0.05) is 30.9 Å². The fourth-order valence-electron chi connectivity index (χ4n) is 4.16. The molecule has 2 amide bonds. The van der Waals surface area contributed by atoms with Gasteiger partial charge in [0.25, 0.3) is 0 Å². The molecule has 0 spiro atoms. The Kier molecular flexibility index (Phi) is 8.79. The molecule has 0 unspecified atom stereocenters. The van der Waals surface area contributed by atoms with Gasteiger partial charge in [-0.2, -0.15) is 0 Å². The van der Waals surface area contributed by atoms with Gasteiger partial charge in [0.05, 0.1) is 17.8 Å². The molecule has 2 fully saturated rings. The van der Waals surface area contributed by atoms with Crippen molar-refractivity contribution in [1.82, 2.24) is 20.2 Å². The van der Waals surface area contributed by atoms with E-state index in [9.17, 15) is 9.59 Å². The second-order valence-corrected chi connectivity index (χ2v) is 12.3. The monoisotopic (exact) mass is 518 g/mol. The molecule has 10 nitrogen and oxygen atoms in total. The van der Waals surface area contributed by atoms with Gasteiger partial charge in [-0.25, -0.2) is 14.8 Å². The van der Waals surface area contributed by atoms with Crippen LogP contribution < -0.4 is 15.5 Å². The van der Waals surface area contributed by atoms with Gasteiger partial charge in [0.2, 0.25) is 5.91 Å². The van der Waals surface area contributed by atoms with E-state index in [0.717, 1.165) is 18.3 Å². The Morgan fingerprint density at radius 3 is 2.14 bits per heavy atom. The van der Waals surface area contributed by atoms with E-state index in [1.165, 1.54) is 0 Å².